The number of hydrogen-bond acceptors (Lipinski definition) is 11. The lowest BCUT2D eigenvalue weighted by Crippen LogP contribution is -2.37. The zero-order valence-corrected chi connectivity index (χ0v) is 30.2. The molecule has 0 bridgehead atoms. The largest absolute Gasteiger partial charge is 0.476 e. The number of esters is 1. The molecule has 1 aliphatic heterocycles. The molecule has 0 aliphatic carbocycles. The summed E-state index contributed by atoms with van der Waals surface area (Å²) in [7, 11) is -4.15. The first kappa shape index (κ1) is 37.1. The zero-order chi connectivity index (χ0) is 35.2. The molecule has 4 aromatic rings. The molecule has 1 fully saturated rings. The van der Waals surface area contributed by atoms with E-state index < -0.39 is 32.1 Å². The first-order valence-electron chi connectivity index (χ1n) is 16.4. The van der Waals surface area contributed by atoms with Gasteiger partial charge in [0.2, 0.25) is 11.8 Å². The summed E-state index contributed by atoms with van der Waals surface area (Å²) in [6.45, 7) is 17.7. The molecule has 5 atom stereocenters. The quantitative estimate of drug-likeness (QED) is 0.116. The van der Waals surface area contributed by atoms with Gasteiger partial charge in [0, 0.05) is 11.3 Å². The number of carbonyl (C=O) groups is 1. The molecule has 3 N–H and O–H groups in total. The monoisotopic (exact) mass is 684 g/mol. The fourth-order valence-electron chi connectivity index (χ4n) is 5.33. The summed E-state index contributed by atoms with van der Waals surface area (Å²) in [5.74, 6) is 0.824. The first-order chi connectivity index (χ1) is 22.8. The minimum absolute atomic E-state index is 0.00839. The minimum atomic E-state index is -4.15. The summed E-state index contributed by atoms with van der Waals surface area (Å²) >= 11 is 0. The van der Waals surface area contributed by atoms with Crippen LogP contribution in [0.15, 0.2) is 42.5 Å². The Bertz CT molecular complexity index is 1750. The normalized spacial score (nSPS) is 19.7. The van der Waals surface area contributed by atoms with Crippen LogP contribution in [0.1, 0.15) is 73.9 Å². The Morgan fingerprint density at radius 3 is 2.56 bits per heavy atom. The molecule has 0 amide bonds. The molecule has 0 radical (unpaired) electrons. The van der Waals surface area contributed by atoms with Gasteiger partial charge >= 0.3 is 13.7 Å². The van der Waals surface area contributed by atoms with Crippen LogP contribution in [0.5, 0.6) is 11.6 Å². The van der Waals surface area contributed by atoms with Crippen LogP contribution in [0.2, 0.25) is 0 Å². The van der Waals surface area contributed by atoms with E-state index in [-0.39, 0.29) is 30.5 Å². The molecule has 14 heteroatoms. The first-order valence-corrected chi connectivity index (χ1v) is 18.0. The summed E-state index contributed by atoms with van der Waals surface area (Å²) in [5.41, 5.74) is 6.76. The fraction of sp³-hybridized carbons (Fsp3) is 0.529. The third-order valence-corrected chi connectivity index (χ3v) is 9.07. The van der Waals surface area contributed by atoms with E-state index in [0.717, 1.165) is 10.8 Å². The van der Waals surface area contributed by atoms with Gasteiger partial charge in [0.25, 0.3) is 0 Å². The van der Waals surface area contributed by atoms with Crippen LogP contribution in [-0.2, 0) is 23.4 Å². The van der Waals surface area contributed by atoms with Gasteiger partial charge in [-0.1, -0.05) is 77.9 Å². The number of ether oxygens (including phenoxy) is 3. The number of nitrogens with zero attached hydrogens (tertiary/aromatic N) is 4. The second-order valence-corrected chi connectivity index (χ2v) is 14.5. The van der Waals surface area contributed by atoms with Crippen LogP contribution in [0.25, 0.3) is 21.9 Å². The zero-order valence-electron chi connectivity index (χ0n) is 29.4. The maximum Gasteiger partial charge on any atom is 0.459 e. The molecule has 262 valence electrons. The molecule has 0 spiro atoms. The fourth-order valence-corrected chi connectivity index (χ4v) is 6.88. The summed E-state index contributed by atoms with van der Waals surface area (Å²) in [6, 6.07) is 12.0. The summed E-state index contributed by atoms with van der Waals surface area (Å²) in [6.07, 6.45) is -0.336. The molecule has 1 aliphatic rings. The van der Waals surface area contributed by atoms with Gasteiger partial charge in [-0.05, 0) is 44.1 Å². The van der Waals surface area contributed by atoms with Crippen LogP contribution in [0, 0.1) is 18.3 Å². The molecule has 48 heavy (non-hydrogen) atoms. The molecule has 5 unspecified atom stereocenters. The molecular weight excluding hydrogens is 635 g/mol. The van der Waals surface area contributed by atoms with Crippen molar-refractivity contribution < 1.29 is 32.6 Å². The van der Waals surface area contributed by atoms with E-state index in [2.05, 4.69) is 20.0 Å². The maximum atomic E-state index is 14.4. The van der Waals surface area contributed by atoms with Crippen LogP contribution in [0.4, 0.5) is 5.95 Å². The molecule has 0 saturated carbocycles. The molecule has 2 aromatic carbocycles. The average Bonchev–Trinajstić information content (AvgIpc) is 3.57. The van der Waals surface area contributed by atoms with E-state index in [1.807, 2.05) is 90.3 Å². The van der Waals surface area contributed by atoms with Crippen molar-refractivity contribution in [3.05, 3.63) is 48.3 Å². The SMILES string of the molecule is CC.CCOc1nc(N)nc2c1nc(C)n2C1OC(COP(=O)(NC(C)C(=O)OCC(C)(C)C)Oc2cccc3ccccc23)CC1C. The Morgan fingerprint density at radius 2 is 1.85 bits per heavy atom. The number of rotatable bonds is 12. The van der Waals surface area contributed by atoms with Gasteiger partial charge in [-0.25, -0.2) is 9.55 Å². The van der Waals surface area contributed by atoms with Crippen molar-refractivity contribution in [2.24, 2.45) is 11.3 Å². The lowest BCUT2D eigenvalue weighted by atomic mass is 9.99. The second kappa shape index (κ2) is 15.6. The molecular formula is C34H49N6O7P. The van der Waals surface area contributed by atoms with Crippen molar-refractivity contribution in [1.29, 1.82) is 0 Å². The summed E-state index contributed by atoms with van der Waals surface area (Å²) < 4.78 is 46.0. The molecule has 13 nitrogen and oxygen atoms in total. The number of benzene rings is 2. The molecule has 3 heterocycles. The van der Waals surface area contributed by atoms with Gasteiger partial charge < -0.3 is 24.5 Å². The van der Waals surface area contributed by atoms with Crippen molar-refractivity contribution in [3.8, 4) is 11.6 Å². The molecule has 1 saturated heterocycles. The second-order valence-electron chi connectivity index (χ2n) is 12.8. The smallest absolute Gasteiger partial charge is 0.459 e. The number of nitrogens with two attached hydrogens (primary N) is 1. The van der Waals surface area contributed by atoms with Gasteiger partial charge in [0.05, 0.1) is 25.9 Å². The van der Waals surface area contributed by atoms with E-state index in [1.54, 1.807) is 19.1 Å². The highest BCUT2D eigenvalue weighted by Crippen LogP contribution is 2.48. The summed E-state index contributed by atoms with van der Waals surface area (Å²) in [4.78, 5) is 26.1. The minimum Gasteiger partial charge on any atom is -0.476 e. The number of carbonyl (C=O) groups excluding carboxylic acids is 1. The maximum absolute atomic E-state index is 14.4. The predicted octanol–water partition coefficient (Wildman–Crippen LogP) is 6.99. The number of nitrogen functional groups attached to an aromatic ring is 1. The Kier molecular flexibility index (Phi) is 12.1. The Hall–Kier alpha value is -3.77. The lowest BCUT2D eigenvalue weighted by molar-refractivity contribution is -0.148. The van der Waals surface area contributed by atoms with Crippen LogP contribution < -0.4 is 20.1 Å². The van der Waals surface area contributed by atoms with E-state index in [1.165, 1.54) is 0 Å². The number of nitrogens with one attached hydrogen (secondary N) is 1. The standard InChI is InChI=1S/C32H43N6O7P.C2H6/c1-8-41-28-26-27(35-31(33)36-28)38(21(4)34-26)29-19(2)16-23(44-29)17-43-46(40,37-20(3)30(39)42-18-32(5,6)7)45-25-15-11-13-22-12-9-10-14-24(22)25;1-2/h9-15,19-20,23,29H,8,16-18H2,1-7H3,(H,37,40)(H2,33,35,36);1-2H3. The highest BCUT2D eigenvalue weighted by Gasteiger charge is 2.39. The van der Waals surface area contributed by atoms with Gasteiger partial charge in [0.1, 0.15) is 23.8 Å². The predicted molar refractivity (Wildman–Crippen MR) is 186 cm³/mol. The van der Waals surface area contributed by atoms with Gasteiger partial charge in [-0.3, -0.25) is 13.9 Å². The highest BCUT2D eigenvalue weighted by molar-refractivity contribution is 7.52. The third-order valence-electron chi connectivity index (χ3n) is 7.44. The summed E-state index contributed by atoms with van der Waals surface area (Å²) in [5, 5.41) is 4.45. The van der Waals surface area contributed by atoms with Crippen molar-refractivity contribution in [3.63, 3.8) is 0 Å². The Morgan fingerprint density at radius 1 is 1.15 bits per heavy atom. The van der Waals surface area contributed by atoms with E-state index in [0.29, 0.717) is 41.6 Å². The number of imidazole rings is 1. The van der Waals surface area contributed by atoms with Crippen LogP contribution in [0.3, 0.4) is 0 Å². The third kappa shape index (κ3) is 8.82. The van der Waals surface area contributed by atoms with E-state index in [9.17, 15) is 9.36 Å². The number of fused-ring (bicyclic) bond motifs is 2. The van der Waals surface area contributed by atoms with Crippen molar-refractivity contribution in [2.75, 3.05) is 25.6 Å². The Balaban J connectivity index is 0.00000255. The van der Waals surface area contributed by atoms with E-state index in [4.69, 9.17) is 29.0 Å². The van der Waals surface area contributed by atoms with Gasteiger partial charge in [-0.2, -0.15) is 15.1 Å². The Labute approximate surface area is 282 Å². The number of aromatic nitrogens is 4. The number of anilines is 1. The van der Waals surface area contributed by atoms with Crippen molar-refractivity contribution >= 4 is 41.6 Å². The molecule has 5 rings (SSSR count). The topological polar surface area (TPSA) is 162 Å². The average molecular weight is 685 g/mol. The molecule has 2 aromatic heterocycles. The van der Waals surface area contributed by atoms with Gasteiger partial charge in [0.15, 0.2) is 11.2 Å². The highest BCUT2D eigenvalue weighted by atomic mass is 31.2. The van der Waals surface area contributed by atoms with Crippen molar-refractivity contribution in [2.45, 2.75) is 87.1 Å². The van der Waals surface area contributed by atoms with Crippen LogP contribution in [-0.4, -0.2) is 57.5 Å². The van der Waals surface area contributed by atoms with Crippen molar-refractivity contribution in [1.82, 2.24) is 24.6 Å². The van der Waals surface area contributed by atoms with Crippen LogP contribution >= 0.6 is 7.75 Å². The lowest BCUT2D eigenvalue weighted by Gasteiger charge is -2.25. The number of hydrogen-bond donors (Lipinski definition) is 2. The van der Waals surface area contributed by atoms with E-state index >= 15 is 0 Å². The number of aryl methyl sites for hydroxylation is 1. The van der Waals surface area contributed by atoms with Gasteiger partial charge in [-0.15, -0.1) is 0 Å².